The summed E-state index contributed by atoms with van der Waals surface area (Å²) in [5.74, 6) is 0.0656. The van der Waals surface area contributed by atoms with Crippen molar-refractivity contribution in [1.82, 2.24) is 15.3 Å². The van der Waals surface area contributed by atoms with Crippen LogP contribution in [0, 0.1) is 5.82 Å². The highest BCUT2D eigenvalue weighted by Gasteiger charge is 2.14. The molecule has 0 saturated heterocycles. The Morgan fingerprint density at radius 1 is 1.33 bits per heavy atom. The van der Waals surface area contributed by atoms with Gasteiger partial charge in [0.25, 0.3) is 0 Å². The highest BCUT2D eigenvalue weighted by molar-refractivity contribution is 5.39. The van der Waals surface area contributed by atoms with Crippen molar-refractivity contribution in [2.24, 2.45) is 0 Å². The third-order valence-electron chi connectivity index (χ3n) is 2.64. The summed E-state index contributed by atoms with van der Waals surface area (Å²) >= 11 is 0. The van der Waals surface area contributed by atoms with Crippen LogP contribution in [0.2, 0.25) is 0 Å². The van der Waals surface area contributed by atoms with Crippen molar-refractivity contribution >= 4 is 5.82 Å². The lowest BCUT2D eigenvalue weighted by atomic mass is 10.1. The summed E-state index contributed by atoms with van der Waals surface area (Å²) in [5, 5.41) is 3.36. The first-order chi connectivity index (χ1) is 8.35. The Morgan fingerprint density at radius 3 is 2.56 bits per heavy atom. The summed E-state index contributed by atoms with van der Waals surface area (Å²) in [6.07, 6.45) is 2.00. The van der Waals surface area contributed by atoms with Crippen LogP contribution in [-0.2, 0) is 6.42 Å². The van der Waals surface area contributed by atoms with Gasteiger partial charge in [0, 0.05) is 25.7 Å². The monoisotopic (exact) mass is 254 g/mol. The van der Waals surface area contributed by atoms with Crippen LogP contribution in [0.25, 0.3) is 0 Å². The fourth-order valence-electron chi connectivity index (χ4n) is 1.61. The Labute approximate surface area is 109 Å². The number of halogens is 1. The lowest BCUT2D eigenvalue weighted by molar-refractivity contribution is 0.430. The molecule has 0 aliphatic carbocycles. The normalized spacial score (nSPS) is 11.7. The van der Waals surface area contributed by atoms with Gasteiger partial charge in [-0.05, 0) is 27.2 Å². The van der Waals surface area contributed by atoms with Crippen LogP contribution < -0.4 is 10.2 Å². The van der Waals surface area contributed by atoms with Crippen LogP contribution >= 0.6 is 0 Å². The van der Waals surface area contributed by atoms with Gasteiger partial charge in [-0.25, -0.2) is 14.4 Å². The van der Waals surface area contributed by atoms with Crippen LogP contribution in [0.15, 0.2) is 6.33 Å². The number of aryl methyl sites for hydroxylation is 1. The number of anilines is 1. The molecule has 1 N–H and O–H groups in total. The summed E-state index contributed by atoms with van der Waals surface area (Å²) in [6, 6.07) is 0. The molecule has 0 aliphatic heterocycles. The number of nitrogens with one attached hydrogen (secondary N) is 1. The molecule has 1 rings (SSSR count). The first-order valence-electron chi connectivity index (χ1n) is 6.30. The minimum atomic E-state index is -0.307. The molecule has 102 valence electrons. The van der Waals surface area contributed by atoms with E-state index in [1.807, 2.05) is 18.9 Å². The Bertz CT molecular complexity index is 387. The third-order valence-corrected chi connectivity index (χ3v) is 2.64. The molecule has 5 heteroatoms. The van der Waals surface area contributed by atoms with Gasteiger partial charge < -0.3 is 10.2 Å². The van der Waals surface area contributed by atoms with Crippen LogP contribution in [0.4, 0.5) is 10.2 Å². The Hall–Kier alpha value is -1.23. The molecular formula is C13H23FN4. The van der Waals surface area contributed by atoms with Crippen molar-refractivity contribution in [2.45, 2.75) is 39.7 Å². The van der Waals surface area contributed by atoms with E-state index in [1.165, 1.54) is 6.33 Å². The molecule has 1 aromatic heterocycles. The van der Waals surface area contributed by atoms with Gasteiger partial charge in [-0.3, -0.25) is 0 Å². The Kier molecular flexibility index (Phi) is 5.02. The summed E-state index contributed by atoms with van der Waals surface area (Å²) in [5.41, 5.74) is 0.537. The number of aromatic nitrogens is 2. The lowest BCUT2D eigenvalue weighted by Crippen LogP contribution is -2.41. The third kappa shape index (κ3) is 4.22. The molecule has 0 fully saturated rings. The zero-order chi connectivity index (χ0) is 13.8. The maximum absolute atomic E-state index is 14.0. The van der Waals surface area contributed by atoms with Gasteiger partial charge in [0.15, 0.2) is 11.6 Å². The second-order valence-corrected chi connectivity index (χ2v) is 5.41. The number of likely N-dealkylation sites (N-methyl/N-ethyl adjacent to an activating group) is 1. The predicted octanol–water partition coefficient (Wildman–Crippen LogP) is 2.00. The van der Waals surface area contributed by atoms with E-state index in [0.717, 1.165) is 6.54 Å². The SMILES string of the molecule is CCc1ncnc(N(C)CCNC(C)(C)C)c1F. The van der Waals surface area contributed by atoms with Crippen molar-refractivity contribution in [3.63, 3.8) is 0 Å². The minimum Gasteiger partial charge on any atom is -0.356 e. The zero-order valence-corrected chi connectivity index (χ0v) is 11.9. The summed E-state index contributed by atoms with van der Waals surface area (Å²) in [4.78, 5) is 9.76. The van der Waals surface area contributed by atoms with E-state index in [4.69, 9.17) is 0 Å². The zero-order valence-electron chi connectivity index (χ0n) is 11.9. The Morgan fingerprint density at radius 2 is 2.00 bits per heavy atom. The van der Waals surface area contributed by atoms with Crippen LogP contribution in [0.3, 0.4) is 0 Å². The van der Waals surface area contributed by atoms with E-state index in [9.17, 15) is 4.39 Å². The van der Waals surface area contributed by atoms with Crippen molar-refractivity contribution < 1.29 is 4.39 Å². The predicted molar refractivity (Wildman–Crippen MR) is 72.4 cm³/mol. The van der Waals surface area contributed by atoms with Crippen LogP contribution in [0.1, 0.15) is 33.4 Å². The second-order valence-electron chi connectivity index (χ2n) is 5.41. The van der Waals surface area contributed by atoms with Gasteiger partial charge in [0.2, 0.25) is 0 Å². The topological polar surface area (TPSA) is 41.1 Å². The average Bonchev–Trinajstić information content (AvgIpc) is 2.27. The van der Waals surface area contributed by atoms with Crippen molar-refractivity contribution in [2.75, 3.05) is 25.0 Å². The molecule has 1 aromatic rings. The van der Waals surface area contributed by atoms with E-state index in [-0.39, 0.29) is 11.4 Å². The van der Waals surface area contributed by atoms with Crippen LogP contribution in [-0.4, -0.2) is 35.6 Å². The van der Waals surface area contributed by atoms with Crippen molar-refractivity contribution in [3.8, 4) is 0 Å². The van der Waals surface area contributed by atoms with E-state index < -0.39 is 0 Å². The van der Waals surface area contributed by atoms with Gasteiger partial charge in [-0.15, -0.1) is 0 Å². The fraction of sp³-hybridized carbons (Fsp3) is 0.692. The molecule has 0 bridgehead atoms. The molecule has 0 unspecified atom stereocenters. The molecule has 0 amide bonds. The second kappa shape index (κ2) is 6.09. The summed E-state index contributed by atoms with van der Waals surface area (Å²) in [6.45, 7) is 9.68. The largest absolute Gasteiger partial charge is 0.356 e. The smallest absolute Gasteiger partial charge is 0.187 e. The molecular weight excluding hydrogens is 231 g/mol. The summed E-state index contributed by atoms with van der Waals surface area (Å²) < 4.78 is 14.0. The van der Waals surface area contributed by atoms with Gasteiger partial charge in [0.1, 0.15) is 6.33 Å². The van der Waals surface area contributed by atoms with Gasteiger partial charge in [0.05, 0.1) is 5.69 Å². The molecule has 0 spiro atoms. The number of hydrogen-bond acceptors (Lipinski definition) is 4. The van der Waals surface area contributed by atoms with Crippen LogP contribution in [0.5, 0.6) is 0 Å². The molecule has 0 saturated carbocycles. The molecule has 1 heterocycles. The van der Waals surface area contributed by atoms with Gasteiger partial charge in [-0.2, -0.15) is 0 Å². The molecule has 0 atom stereocenters. The molecule has 18 heavy (non-hydrogen) atoms. The van der Waals surface area contributed by atoms with Gasteiger partial charge in [-0.1, -0.05) is 6.92 Å². The highest BCUT2D eigenvalue weighted by atomic mass is 19.1. The standard InChI is InChI=1S/C13H23FN4/c1-6-10-11(14)12(16-9-15-10)18(5)8-7-17-13(2,3)4/h9,17H,6-8H2,1-5H3. The maximum Gasteiger partial charge on any atom is 0.187 e. The highest BCUT2D eigenvalue weighted by Crippen LogP contribution is 2.16. The minimum absolute atomic E-state index is 0.0691. The average molecular weight is 254 g/mol. The van der Waals surface area contributed by atoms with Gasteiger partial charge >= 0.3 is 0 Å². The molecule has 4 nitrogen and oxygen atoms in total. The van der Waals surface area contributed by atoms with E-state index in [2.05, 4.69) is 36.1 Å². The number of nitrogens with zero attached hydrogens (tertiary/aromatic N) is 3. The lowest BCUT2D eigenvalue weighted by Gasteiger charge is -2.24. The summed E-state index contributed by atoms with van der Waals surface area (Å²) in [7, 11) is 1.84. The first kappa shape index (κ1) is 14.8. The quantitative estimate of drug-likeness (QED) is 0.872. The van der Waals surface area contributed by atoms with E-state index >= 15 is 0 Å². The molecule has 0 aliphatic rings. The Balaban J connectivity index is 2.64. The van der Waals surface area contributed by atoms with Crippen molar-refractivity contribution in [3.05, 3.63) is 17.8 Å². The molecule has 0 aromatic carbocycles. The van der Waals surface area contributed by atoms with E-state index in [1.54, 1.807) is 0 Å². The first-order valence-corrected chi connectivity index (χ1v) is 6.30. The maximum atomic E-state index is 14.0. The molecule has 0 radical (unpaired) electrons. The number of hydrogen-bond donors (Lipinski definition) is 1. The number of rotatable bonds is 5. The van der Waals surface area contributed by atoms with Crippen molar-refractivity contribution in [1.29, 1.82) is 0 Å². The van der Waals surface area contributed by atoms with E-state index in [0.29, 0.717) is 24.5 Å². The fourth-order valence-corrected chi connectivity index (χ4v) is 1.61.